The lowest BCUT2D eigenvalue weighted by molar-refractivity contribution is 0.163. The van der Waals surface area contributed by atoms with E-state index in [1.807, 2.05) is 0 Å². The molecule has 112 valence electrons. The highest BCUT2D eigenvalue weighted by molar-refractivity contribution is 6.36. The van der Waals surface area contributed by atoms with Crippen LogP contribution in [-0.2, 0) is 13.3 Å². The topological polar surface area (TPSA) is 30.9 Å². The summed E-state index contributed by atoms with van der Waals surface area (Å²) in [5.41, 5.74) is 0. The molecule has 0 radical (unpaired) electrons. The second-order valence-corrected chi connectivity index (χ2v) is 6.13. The summed E-state index contributed by atoms with van der Waals surface area (Å²) in [5.74, 6) is 0. The van der Waals surface area contributed by atoms with Crippen LogP contribution in [0.5, 0.6) is 0 Å². The SMILES string of the molecule is CCCCN(CC)CCCC.CO[SiH](OC)OC. The van der Waals surface area contributed by atoms with E-state index in [0.29, 0.717) is 0 Å². The Bertz CT molecular complexity index is 133. The van der Waals surface area contributed by atoms with Crippen molar-refractivity contribution in [3.63, 3.8) is 0 Å². The van der Waals surface area contributed by atoms with Crippen molar-refractivity contribution in [2.75, 3.05) is 41.0 Å². The Morgan fingerprint density at radius 2 is 1.17 bits per heavy atom. The van der Waals surface area contributed by atoms with Gasteiger partial charge in [0, 0.05) is 21.3 Å². The fourth-order valence-corrected chi connectivity index (χ4v) is 2.06. The van der Waals surface area contributed by atoms with E-state index in [-0.39, 0.29) is 0 Å². The van der Waals surface area contributed by atoms with Crippen LogP contribution < -0.4 is 0 Å². The van der Waals surface area contributed by atoms with Gasteiger partial charge in [0.15, 0.2) is 0 Å². The third-order valence-corrected chi connectivity index (χ3v) is 3.84. The summed E-state index contributed by atoms with van der Waals surface area (Å²) in [6.07, 6.45) is 5.36. The van der Waals surface area contributed by atoms with Crippen LogP contribution in [-0.4, -0.2) is 55.4 Å². The molecule has 0 heterocycles. The largest absolute Gasteiger partial charge is 0.483 e. The van der Waals surface area contributed by atoms with Crippen molar-refractivity contribution in [2.24, 2.45) is 0 Å². The highest BCUT2D eigenvalue weighted by Crippen LogP contribution is 1.97. The van der Waals surface area contributed by atoms with E-state index in [2.05, 4.69) is 25.7 Å². The maximum Gasteiger partial charge on any atom is 0.483 e. The summed E-state index contributed by atoms with van der Waals surface area (Å²) in [4.78, 5) is 2.55. The molecule has 0 aromatic heterocycles. The summed E-state index contributed by atoms with van der Waals surface area (Å²) in [5, 5.41) is 0. The van der Waals surface area contributed by atoms with Crippen molar-refractivity contribution in [1.82, 2.24) is 4.90 Å². The van der Waals surface area contributed by atoms with Gasteiger partial charge in [0.2, 0.25) is 0 Å². The van der Waals surface area contributed by atoms with Crippen molar-refractivity contribution >= 4 is 9.53 Å². The van der Waals surface area contributed by atoms with Crippen LogP contribution in [0.1, 0.15) is 46.5 Å². The number of unbranched alkanes of at least 4 members (excludes halogenated alkanes) is 2. The molecule has 0 aliphatic heterocycles. The third-order valence-electron chi connectivity index (χ3n) is 2.68. The van der Waals surface area contributed by atoms with E-state index in [9.17, 15) is 0 Å². The number of hydrogen-bond acceptors (Lipinski definition) is 4. The minimum absolute atomic E-state index is 1.22. The number of rotatable bonds is 10. The molecule has 0 atom stereocenters. The quantitative estimate of drug-likeness (QED) is 0.575. The molecule has 0 aliphatic rings. The third kappa shape index (κ3) is 14.1. The maximum absolute atomic E-state index is 4.74. The lowest BCUT2D eigenvalue weighted by atomic mass is 10.2. The van der Waals surface area contributed by atoms with Crippen LogP contribution in [0, 0.1) is 0 Å². The Hall–Kier alpha value is 0.0569. The zero-order valence-electron chi connectivity index (χ0n) is 13.2. The van der Waals surface area contributed by atoms with Gasteiger partial charge >= 0.3 is 9.53 Å². The molecule has 0 rings (SSSR count). The van der Waals surface area contributed by atoms with Crippen molar-refractivity contribution < 1.29 is 13.3 Å². The molecule has 5 heteroatoms. The molecule has 0 bridgehead atoms. The lowest BCUT2D eigenvalue weighted by Gasteiger charge is -2.19. The molecule has 0 saturated heterocycles. The first-order chi connectivity index (χ1) is 8.69. The van der Waals surface area contributed by atoms with Crippen LogP contribution in [0.3, 0.4) is 0 Å². The Morgan fingerprint density at radius 1 is 0.778 bits per heavy atom. The lowest BCUT2D eigenvalue weighted by Crippen LogP contribution is -2.25. The highest BCUT2D eigenvalue weighted by atomic mass is 28.3. The van der Waals surface area contributed by atoms with Gasteiger partial charge in [-0.25, -0.2) is 0 Å². The van der Waals surface area contributed by atoms with Gasteiger partial charge in [-0.1, -0.05) is 33.6 Å². The molecule has 0 aromatic carbocycles. The monoisotopic (exact) mass is 279 g/mol. The molecule has 0 spiro atoms. The molecule has 0 fully saturated rings. The van der Waals surface area contributed by atoms with Crippen LogP contribution in [0.15, 0.2) is 0 Å². The molecular formula is C13H33NO3Si. The van der Waals surface area contributed by atoms with E-state index >= 15 is 0 Å². The average molecular weight is 279 g/mol. The van der Waals surface area contributed by atoms with E-state index in [1.165, 1.54) is 45.3 Å². The van der Waals surface area contributed by atoms with Crippen LogP contribution >= 0.6 is 0 Å². The number of nitrogens with zero attached hydrogens (tertiary/aromatic N) is 1. The van der Waals surface area contributed by atoms with E-state index < -0.39 is 9.53 Å². The van der Waals surface area contributed by atoms with Gasteiger partial charge in [-0.05, 0) is 32.5 Å². The zero-order valence-corrected chi connectivity index (χ0v) is 14.4. The average Bonchev–Trinajstić information content (AvgIpc) is 2.42. The van der Waals surface area contributed by atoms with Gasteiger partial charge in [-0.2, -0.15) is 0 Å². The fraction of sp³-hybridized carbons (Fsp3) is 1.00. The van der Waals surface area contributed by atoms with Gasteiger partial charge in [-0.3, -0.25) is 0 Å². The van der Waals surface area contributed by atoms with Crippen molar-refractivity contribution in [3.05, 3.63) is 0 Å². The summed E-state index contributed by atoms with van der Waals surface area (Å²) in [6.45, 7) is 10.6. The van der Waals surface area contributed by atoms with Gasteiger partial charge in [0.25, 0.3) is 0 Å². The highest BCUT2D eigenvalue weighted by Gasteiger charge is 2.05. The smallest absolute Gasteiger partial charge is 0.379 e. The normalized spacial score (nSPS) is 10.7. The Kier molecular flexibility index (Phi) is 19.3. The van der Waals surface area contributed by atoms with Crippen molar-refractivity contribution in [3.8, 4) is 0 Å². The first-order valence-electron chi connectivity index (χ1n) is 7.00. The fourth-order valence-electron chi connectivity index (χ4n) is 1.48. The Labute approximate surface area is 116 Å². The molecule has 0 amide bonds. The van der Waals surface area contributed by atoms with Crippen LogP contribution in [0.4, 0.5) is 0 Å². The molecule has 4 nitrogen and oxygen atoms in total. The van der Waals surface area contributed by atoms with Gasteiger partial charge < -0.3 is 18.2 Å². The molecular weight excluding hydrogens is 246 g/mol. The summed E-state index contributed by atoms with van der Waals surface area (Å²) >= 11 is 0. The first kappa shape index (κ1) is 20.4. The second kappa shape index (κ2) is 17.1. The van der Waals surface area contributed by atoms with Crippen LogP contribution in [0.25, 0.3) is 0 Å². The minimum Gasteiger partial charge on any atom is -0.379 e. The standard InChI is InChI=1S/C10H23N.C3H10O3Si/c1-4-7-9-11(6-3)10-8-5-2;1-4-7(5-2)6-3/h4-10H2,1-3H3;7H,1-3H3. The number of hydrogen-bond donors (Lipinski definition) is 0. The minimum atomic E-state index is -1.67. The Balaban J connectivity index is 0. The maximum atomic E-state index is 4.74. The molecule has 0 N–H and O–H groups in total. The Morgan fingerprint density at radius 3 is 1.33 bits per heavy atom. The van der Waals surface area contributed by atoms with Crippen molar-refractivity contribution in [1.29, 1.82) is 0 Å². The molecule has 18 heavy (non-hydrogen) atoms. The first-order valence-corrected chi connectivity index (χ1v) is 8.42. The van der Waals surface area contributed by atoms with E-state index in [0.717, 1.165) is 0 Å². The zero-order chi connectivity index (χ0) is 14.2. The molecule has 0 unspecified atom stereocenters. The summed E-state index contributed by atoms with van der Waals surface area (Å²) < 4.78 is 14.2. The van der Waals surface area contributed by atoms with Gasteiger partial charge in [-0.15, -0.1) is 0 Å². The predicted octanol–water partition coefficient (Wildman–Crippen LogP) is 2.55. The van der Waals surface area contributed by atoms with E-state index in [4.69, 9.17) is 13.3 Å². The van der Waals surface area contributed by atoms with E-state index in [1.54, 1.807) is 21.3 Å². The molecule has 0 aromatic rings. The van der Waals surface area contributed by atoms with Crippen molar-refractivity contribution in [2.45, 2.75) is 46.5 Å². The van der Waals surface area contributed by atoms with Gasteiger partial charge in [0.1, 0.15) is 0 Å². The molecule has 0 saturated carbocycles. The predicted molar refractivity (Wildman–Crippen MR) is 80.1 cm³/mol. The second-order valence-electron chi connectivity index (χ2n) is 4.14. The van der Waals surface area contributed by atoms with Crippen LogP contribution in [0.2, 0.25) is 0 Å². The summed E-state index contributed by atoms with van der Waals surface area (Å²) in [6, 6.07) is 0. The van der Waals surface area contributed by atoms with Gasteiger partial charge in [0.05, 0.1) is 0 Å². The molecule has 0 aliphatic carbocycles. The summed E-state index contributed by atoms with van der Waals surface area (Å²) in [7, 11) is 3.05.